The lowest BCUT2D eigenvalue weighted by Gasteiger charge is -2.45. The molecular formula is C54H92O46. The van der Waals surface area contributed by atoms with Crippen molar-refractivity contribution in [3.8, 4) is 0 Å². The van der Waals surface area contributed by atoms with E-state index in [1.807, 2.05) is 0 Å². The van der Waals surface area contributed by atoms with Crippen LogP contribution in [0.1, 0.15) is 0 Å². The Morgan fingerprint density at radius 1 is 0.150 bits per heavy atom. The fourth-order valence-corrected chi connectivity index (χ4v) is 12.1. The van der Waals surface area contributed by atoms with E-state index in [9.17, 15) is 148 Å². The van der Waals surface area contributed by atoms with Gasteiger partial charge in [0.1, 0.15) is 220 Å². The summed E-state index contributed by atoms with van der Waals surface area (Å²) in [6.45, 7) is -7.47. The van der Waals surface area contributed by atoms with E-state index in [0.29, 0.717) is 0 Å². The Hall–Kier alpha value is -1.84. The molecule has 100 heavy (non-hydrogen) atoms. The number of aliphatic hydroxyl groups is 29. The van der Waals surface area contributed by atoms with E-state index < -0.39 is 336 Å². The van der Waals surface area contributed by atoms with Crippen molar-refractivity contribution in [2.45, 2.75) is 276 Å². The van der Waals surface area contributed by atoms with Crippen LogP contribution in [0.3, 0.4) is 0 Å². The van der Waals surface area contributed by atoms with Gasteiger partial charge in [-0.05, 0) is 0 Å². The smallest absolute Gasteiger partial charge is 0.186 e. The summed E-state index contributed by atoms with van der Waals surface area (Å²) in [6.07, 6.45) is -85.5. The highest BCUT2D eigenvalue weighted by Crippen LogP contribution is 2.34. The maximum absolute atomic E-state index is 10.9. The number of hydrogen-bond acceptors (Lipinski definition) is 46. The number of aliphatic hydroxyl groups excluding tert-OH is 29. The summed E-state index contributed by atoms with van der Waals surface area (Å²) >= 11 is 0. The molecule has 9 rings (SSSR count). The van der Waals surface area contributed by atoms with E-state index in [-0.39, 0.29) is 0 Å². The van der Waals surface area contributed by atoms with Gasteiger partial charge >= 0.3 is 0 Å². The third-order valence-corrected chi connectivity index (χ3v) is 18.6. The van der Waals surface area contributed by atoms with Gasteiger partial charge in [-0.25, -0.2) is 0 Å². The minimum absolute atomic E-state index is 0.730. The summed E-state index contributed by atoms with van der Waals surface area (Å²) < 4.78 is 93.7. The Morgan fingerprint density at radius 2 is 0.280 bits per heavy atom. The van der Waals surface area contributed by atoms with Crippen molar-refractivity contribution in [2.24, 2.45) is 0 Å². The minimum Gasteiger partial charge on any atom is -0.394 e. The first kappa shape index (κ1) is 82.2. The highest BCUT2D eigenvalue weighted by molar-refractivity contribution is 4.99. The number of ether oxygens (including phenoxy) is 17. The van der Waals surface area contributed by atoms with Gasteiger partial charge in [-0.1, -0.05) is 0 Å². The number of hydrogen-bond donors (Lipinski definition) is 29. The Morgan fingerprint density at radius 3 is 0.440 bits per heavy atom. The predicted molar refractivity (Wildman–Crippen MR) is 297 cm³/mol. The van der Waals surface area contributed by atoms with Crippen LogP contribution in [-0.4, -0.2) is 484 Å². The summed E-state index contributed by atoms with van der Waals surface area (Å²) in [5, 5.41) is 306. The SMILES string of the molecule is OC[C@H]1O[C@H](OC[C@H]2O[C@H](OC[C@H]3O[C@H](OC[C@H]4O[C@H](OC[C@H]5O[C@H](OC[C@H]6O[C@H](OC[C@H]7O[C@H](OC[C@H]8O[C@H](OC[C@H]9O[C@H](O)[C@H](O)[C@@H](O)[C@@H]9O)[C@H](O)[C@@H](O)[C@@H]8O)[C@H](O)[C@@H](O)[C@@H]7O)[C@H](O)[C@@H](O)[C@@H]6O)[C@H](O)[C@@H](O)[C@@H]5O)[C@H](O)[C@@H](O)[C@@H]4O)[C@H](O)[C@@H](O)[C@@H]3O)[C@H](O)[C@@H](O)[C@@H]2O)[C@H](O)[C@@H](O)[C@@H]1O. The molecule has 9 saturated heterocycles. The first-order valence-corrected chi connectivity index (χ1v) is 31.7. The zero-order valence-electron chi connectivity index (χ0n) is 52.3. The molecule has 46 nitrogen and oxygen atoms in total. The Bertz CT molecular complexity index is 2460. The van der Waals surface area contributed by atoms with Crippen LogP contribution < -0.4 is 0 Å². The van der Waals surface area contributed by atoms with E-state index in [4.69, 9.17) is 80.5 Å². The molecular weight excluding hydrogens is 1380 g/mol. The Labute approximate surface area is 563 Å². The molecule has 0 saturated carbocycles. The lowest BCUT2D eigenvalue weighted by molar-refractivity contribution is -0.355. The monoisotopic (exact) mass is 1480 g/mol. The first-order chi connectivity index (χ1) is 47.2. The highest BCUT2D eigenvalue weighted by atomic mass is 16.8. The summed E-state index contributed by atoms with van der Waals surface area (Å²) in [6, 6.07) is 0. The van der Waals surface area contributed by atoms with Crippen molar-refractivity contribution in [3.63, 3.8) is 0 Å². The maximum atomic E-state index is 10.9. The molecule has 29 N–H and O–H groups in total. The van der Waals surface area contributed by atoms with Gasteiger partial charge in [0, 0.05) is 0 Å². The normalized spacial score (nSPS) is 53.7. The van der Waals surface area contributed by atoms with E-state index in [0.717, 1.165) is 0 Å². The third kappa shape index (κ3) is 18.0. The van der Waals surface area contributed by atoms with Crippen LogP contribution in [0.15, 0.2) is 0 Å². The molecule has 9 aliphatic heterocycles. The maximum Gasteiger partial charge on any atom is 0.186 e. The van der Waals surface area contributed by atoms with Gasteiger partial charge in [0.2, 0.25) is 0 Å². The fourth-order valence-electron chi connectivity index (χ4n) is 12.1. The zero-order chi connectivity index (χ0) is 73.4. The molecule has 0 amide bonds. The molecule has 0 aromatic rings. The van der Waals surface area contributed by atoms with Crippen LogP contribution >= 0.6 is 0 Å². The van der Waals surface area contributed by atoms with Crippen molar-refractivity contribution < 1.29 is 229 Å². The molecule has 0 unspecified atom stereocenters. The van der Waals surface area contributed by atoms with Gasteiger partial charge in [0.25, 0.3) is 0 Å². The topological polar surface area (TPSA) is 744 Å². The molecule has 45 atom stereocenters. The molecule has 0 aliphatic carbocycles. The van der Waals surface area contributed by atoms with Crippen LogP contribution in [0.2, 0.25) is 0 Å². The highest BCUT2D eigenvalue weighted by Gasteiger charge is 2.55. The standard InChI is InChI=1S/C54H92O46/c55-1-10-19(56)29(66)38(75)47(93-10)85-3-12-21(58)31(68)40(77)49(95-12)87-5-14-23(60)33(70)42(79)51(97-14)89-7-16-25(62)35(72)44(81)53(99-16)91-9-18-27(64)36(73)45(82)54(100-18)90-8-17-26(63)34(71)43(80)52(98-17)88-6-15-24(61)32(69)41(78)50(96-15)86-4-13-22(59)30(67)39(76)48(94-13)84-2-11-20(57)28(65)37(74)46(83)92-11/h10-83H,1-9H2/t10-,11-,12-,13-,14-,15-,16-,17-,18-,19-,20-,21-,22-,23-,24-,25-,26-,27-,28+,29+,30+,31+,32+,33+,34+,35+,36+,37-,38-,39-,40-,41-,42-,43-,44-,45-,46+,47+,48+,49+,50+,51+,52+,53+,54+/m1/s1. The molecule has 9 aliphatic rings. The Balaban J connectivity index is 0.739. The van der Waals surface area contributed by atoms with Crippen LogP contribution in [0, 0.1) is 0 Å². The van der Waals surface area contributed by atoms with Crippen molar-refractivity contribution >= 4 is 0 Å². The van der Waals surface area contributed by atoms with E-state index in [1.165, 1.54) is 0 Å². The minimum atomic E-state index is -2.12. The second-order valence-electron chi connectivity index (χ2n) is 25.5. The van der Waals surface area contributed by atoms with Crippen LogP contribution in [0.4, 0.5) is 0 Å². The molecule has 0 aromatic carbocycles. The van der Waals surface area contributed by atoms with Gasteiger partial charge in [-0.15, -0.1) is 0 Å². The van der Waals surface area contributed by atoms with Gasteiger partial charge in [0.15, 0.2) is 56.6 Å². The lowest BCUT2D eigenvalue weighted by atomic mass is 9.97. The van der Waals surface area contributed by atoms with Gasteiger partial charge in [0.05, 0.1) is 59.5 Å². The van der Waals surface area contributed by atoms with Gasteiger partial charge in [-0.2, -0.15) is 0 Å². The largest absolute Gasteiger partial charge is 0.394 e. The lowest BCUT2D eigenvalue weighted by Crippen LogP contribution is -2.63. The average molecular weight is 1480 g/mol. The van der Waals surface area contributed by atoms with Crippen molar-refractivity contribution in [3.05, 3.63) is 0 Å². The van der Waals surface area contributed by atoms with Crippen LogP contribution in [0.25, 0.3) is 0 Å². The molecule has 0 spiro atoms. The molecule has 9 heterocycles. The summed E-state index contributed by atoms with van der Waals surface area (Å²) in [5.74, 6) is 0. The number of rotatable bonds is 25. The molecule has 0 radical (unpaired) electrons. The molecule has 584 valence electrons. The van der Waals surface area contributed by atoms with Crippen molar-refractivity contribution in [2.75, 3.05) is 59.5 Å². The second kappa shape index (κ2) is 35.5. The van der Waals surface area contributed by atoms with E-state index in [2.05, 4.69) is 0 Å². The fraction of sp³-hybridized carbons (Fsp3) is 1.00. The van der Waals surface area contributed by atoms with Crippen LogP contribution in [0.5, 0.6) is 0 Å². The van der Waals surface area contributed by atoms with Gasteiger partial charge in [-0.3, -0.25) is 0 Å². The van der Waals surface area contributed by atoms with Crippen LogP contribution in [-0.2, 0) is 80.5 Å². The van der Waals surface area contributed by atoms with Crippen molar-refractivity contribution in [1.82, 2.24) is 0 Å². The Kier molecular flexibility index (Phi) is 29.2. The summed E-state index contributed by atoms with van der Waals surface area (Å²) in [4.78, 5) is 0. The van der Waals surface area contributed by atoms with E-state index in [1.54, 1.807) is 0 Å². The molecule has 0 aromatic heterocycles. The molecule has 0 bridgehead atoms. The van der Waals surface area contributed by atoms with E-state index >= 15 is 0 Å². The summed E-state index contributed by atoms with van der Waals surface area (Å²) in [7, 11) is 0. The predicted octanol–water partition coefficient (Wildman–Crippen LogP) is -20.6. The zero-order valence-corrected chi connectivity index (χ0v) is 52.3. The van der Waals surface area contributed by atoms with Gasteiger partial charge < -0.3 is 229 Å². The first-order valence-electron chi connectivity index (χ1n) is 31.7. The quantitative estimate of drug-likeness (QED) is 0.0404. The molecule has 46 heteroatoms. The molecule has 9 fully saturated rings. The second-order valence-corrected chi connectivity index (χ2v) is 25.5. The average Bonchev–Trinajstić information content (AvgIpc) is 0.804. The third-order valence-electron chi connectivity index (χ3n) is 18.6. The van der Waals surface area contributed by atoms with Crippen molar-refractivity contribution in [1.29, 1.82) is 0 Å². The summed E-state index contributed by atoms with van der Waals surface area (Å²) in [5.41, 5.74) is 0.